The number of unbranched alkanes of at least 4 members (excludes halogenated alkanes) is 1. The van der Waals surface area contributed by atoms with E-state index in [0.717, 1.165) is 38.8 Å². The topological polar surface area (TPSA) is 52.6 Å². The lowest BCUT2D eigenvalue weighted by atomic mass is 9.96. The highest BCUT2D eigenvalue weighted by molar-refractivity contribution is 5.78. The molecule has 2 N–H and O–H groups in total. The SMILES string of the molecule is CCCCNC(=O)C1CCCN(CC(O)c2ccc(F)cc2)C1. The third-order valence-corrected chi connectivity index (χ3v) is 4.39. The number of rotatable bonds is 7. The van der Waals surface area contributed by atoms with Gasteiger partial charge in [0.15, 0.2) is 0 Å². The molecule has 2 unspecified atom stereocenters. The molecular weight excluding hydrogens is 295 g/mol. The van der Waals surface area contributed by atoms with Gasteiger partial charge in [0.25, 0.3) is 0 Å². The largest absolute Gasteiger partial charge is 0.387 e. The zero-order valence-corrected chi connectivity index (χ0v) is 13.8. The number of nitrogens with one attached hydrogen (secondary N) is 1. The average Bonchev–Trinajstić information content (AvgIpc) is 2.56. The summed E-state index contributed by atoms with van der Waals surface area (Å²) < 4.78 is 12.9. The summed E-state index contributed by atoms with van der Waals surface area (Å²) in [6.07, 6.45) is 3.28. The van der Waals surface area contributed by atoms with E-state index >= 15 is 0 Å². The number of carbonyl (C=O) groups is 1. The maximum absolute atomic E-state index is 12.9. The molecule has 1 aliphatic heterocycles. The highest BCUT2D eigenvalue weighted by Gasteiger charge is 2.26. The van der Waals surface area contributed by atoms with Crippen LogP contribution in [-0.4, -0.2) is 42.1 Å². The van der Waals surface area contributed by atoms with Crippen LogP contribution in [0.25, 0.3) is 0 Å². The molecule has 1 aromatic rings. The minimum Gasteiger partial charge on any atom is -0.387 e. The van der Waals surface area contributed by atoms with Gasteiger partial charge in [-0.2, -0.15) is 0 Å². The van der Waals surface area contributed by atoms with Crippen LogP contribution < -0.4 is 5.32 Å². The van der Waals surface area contributed by atoms with Crippen LogP contribution in [-0.2, 0) is 4.79 Å². The van der Waals surface area contributed by atoms with E-state index in [2.05, 4.69) is 17.1 Å². The van der Waals surface area contributed by atoms with Gasteiger partial charge in [-0.15, -0.1) is 0 Å². The Morgan fingerprint density at radius 1 is 1.43 bits per heavy atom. The fraction of sp³-hybridized carbons (Fsp3) is 0.611. The first kappa shape index (κ1) is 17.9. The van der Waals surface area contributed by atoms with Crippen molar-refractivity contribution >= 4 is 5.91 Å². The molecule has 1 aromatic carbocycles. The van der Waals surface area contributed by atoms with Gasteiger partial charge in [0, 0.05) is 19.6 Å². The molecule has 128 valence electrons. The van der Waals surface area contributed by atoms with E-state index in [1.807, 2.05) is 0 Å². The van der Waals surface area contributed by atoms with Crippen LogP contribution >= 0.6 is 0 Å². The predicted octanol–water partition coefficient (Wildman–Crippen LogP) is 2.49. The second-order valence-corrected chi connectivity index (χ2v) is 6.31. The molecule has 0 spiro atoms. The van der Waals surface area contributed by atoms with E-state index < -0.39 is 6.10 Å². The van der Waals surface area contributed by atoms with Gasteiger partial charge in [0.1, 0.15) is 5.82 Å². The van der Waals surface area contributed by atoms with Crippen molar-refractivity contribution in [3.63, 3.8) is 0 Å². The highest BCUT2D eigenvalue weighted by atomic mass is 19.1. The van der Waals surface area contributed by atoms with E-state index in [1.54, 1.807) is 12.1 Å². The average molecular weight is 322 g/mol. The zero-order valence-electron chi connectivity index (χ0n) is 13.8. The van der Waals surface area contributed by atoms with Crippen LogP contribution in [0.5, 0.6) is 0 Å². The summed E-state index contributed by atoms with van der Waals surface area (Å²) in [5.41, 5.74) is 0.709. The maximum Gasteiger partial charge on any atom is 0.224 e. The Kier molecular flexibility index (Phi) is 6.99. The fourth-order valence-electron chi connectivity index (χ4n) is 3.00. The Morgan fingerprint density at radius 3 is 2.87 bits per heavy atom. The first-order valence-electron chi connectivity index (χ1n) is 8.53. The molecule has 23 heavy (non-hydrogen) atoms. The van der Waals surface area contributed by atoms with Crippen LogP contribution in [0.2, 0.25) is 0 Å². The highest BCUT2D eigenvalue weighted by Crippen LogP contribution is 2.21. The molecule has 0 aromatic heterocycles. The minimum absolute atomic E-state index is 0.000948. The monoisotopic (exact) mass is 322 g/mol. The summed E-state index contributed by atoms with van der Waals surface area (Å²) in [5.74, 6) is -0.178. The van der Waals surface area contributed by atoms with Crippen LogP contribution in [0.4, 0.5) is 4.39 Å². The van der Waals surface area contributed by atoms with E-state index in [-0.39, 0.29) is 17.6 Å². The molecule has 0 bridgehead atoms. The molecule has 1 aliphatic rings. The summed E-state index contributed by atoms with van der Waals surface area (Å²) in [6, 6.07) is 5.94. The second-order valence-electron chi connectivity index (χ2n) is 6.31. The number of amides is 1. The Morgan fingerprint density at radius 2 is 2.17 bits per heavy atom. The molecule has 0 aliphatic carbocycles. The Balaban J connectivity index is 1.83. The number of benzene rings is 1. The van der Waals surface area contributed by atoms with E-state index in [4.69, 9.17) is 0 Å². The lowest BCUT2D eigenvalue weighted by molar-refractivity contribution is -0.126. The first-order chi connectivity index (χ1) is 11.1. The number of hydrogen-bond acceptors (Lipinski definition) is 3. The Labute approximate surface area is 137 Å². The number of halogens is 1. The fourth-order valence-corrected chi connectivity index (χ4v) is 3.00. The summed E-state index contributed by atoms with van der Waals surface area (Å²) in [4.78, 5) is 14.3. The smallest absolute Gasteiger partial charge is 0.224 e. The van der Waals surface area contributed by atoms with Gasteiger partial charge < -0.3 is 10.4 Å². The van der Waals surface area contributed by atoms with Gasteiger partial charge in [0.2, 0.25) is 5.91 Å². The molecule has 1 heterocycles. The van der Waals surface area contributed by atoms with Crippen LogP contribution in [0.3, 0.4) is 0 Å². The van der Waals surface area contributed by atoms with Crippen molar-refractivity contribution in [3.8, 4) is 0 Å². The normalized spacial score (nSPS) is 20.2. The van der Waals surface area contributed by atoms with Gasteiger partial charge >= 0.3 is 0 Å². The maximum atomic E-state index is 12.9. The van der Waals surface area contributed by atoms with Crippen LogP contribution in [0, 0.1) is 11.7 Å². The number of carbonyl (C=O) groups excluding carboxylic acids is 1. The lowest BCUT2D eigenvalue weighted by Crippen LogP contribution is -2.44. The number of nitrogens with zero attached hydrogens (tertiary/aromatic N) is 1. The molecule has 0 saturated carbocycles. The lowest BCUT2D eigenvalue weighted by Gasteiger charge is -2.33. The summed E-state index contributed by atoms with van der Waals surface area (Å²) >= 11 is 0. The van der Waals surface area contributed by atoms with E-state index in [1.165, 1.54) is 12.1 Å². The first-order valence-corrected chi connectivity index (χ1v) is 8.53. The molecular formula is C18H27FN2O2. The van der Waals surface area contributed by atoms with Crippen LogP contribution in [0.15, 0.2) is 24.3 Å². The molecule has 2 atom stereocenters. The number of hydrogen-bond donors (Lipinski definition) is 2. The second kappa shape index (κ2) is 8.99. The van der Waals surface area contributed by atoms with E-state index in [0.29, 0.717) is 18.7 Å². The van der Waals surface area contributed by atoms with Gasteiger partial charge in [-0.1, -0.05) is 25.5 Å². The summed E-state index contributed by atoms with van der Waals surface area (Å²) in [5, 5.41) is 13.3. The van der Waals surface area contributed by atoms with Crippen molar-refractivity contribution < 1.29 is 14.3 Å². The number of β-amino-alcohol motifs (C(OH)–C–C–N with tert-alkyl or cyclic N) is 1. The number of aliphatic hydroxyl groups excluding tert-OH is 1. The van der Waals surface area contributed by atoms with Crippen LogP contribution in [0.1, 0.15) is 44.3 Å². The third-order valence-electron chi connectivity index (χ3n) is 4.39. The molecule has 5 heteroatoms. The van der Waals surface area contributed by atoms with Crippen molar-refractivity contribution in [2.24, 2.45) is 5.92 Å². The summed E-state index contributed by atoms with van der Waals surface area (Å²) in [7, 11) is 0. The van der Waals surface area contributed by atoms with Gasteiger partial charge in [-0.3, -0.25) is 9.69 Å². The molecule has 1 fully saturated rings. The zero-order chi connectivity index (χ0) is 16.7. The molecule has 0 radical (unpaired) electrons. The van der Waals surface area contributed by atoms with E-state index in [9.17, 15) is 14.3 Å². The molecule has 4 nitrogen and oxygen atoms in total. The number of likely N-dealkylation sites (tertiary alicyclic amines) is 1. The molecule has 1 saturated heterocycles. The van der Waals surface area contributed by atoms with Crippen molar-refractivity contribution in [2.45, 2.75) is 38.7 Å². The summed E-state index contributed by atoms with van der Waals surface area (Å²) in [6.45, 7) is 4.88. The van der Waals surface area contributed by atoms with Crippen molar-refractivity contribution in [1.82, 2.24) is 10.2 Å². The Bertz CT molecular complexity index is 492. The third kappa shape index (κ3) is 5.59. The van der Waals surface area contributed by atoms with Crippen molar-refractivity contribution in [3.05, 3.63) is 35.6 Å². The number of piperidine rings is 1. The molecule has 2 rings (SSSR count). The van der Waals surface area contributed by atoms with Crippen molar-refractivity contribution in [2.75, 3.05) is 26.2 Å². The standard InChI is InChI=1S/C18H27FN2O2/c1-2-3-10-20-18(23)15-5-4-11-21(12-15)13-17(22)14-6-8-16(19)9-7-14/h6-9,15,17,22H,2-5,10-13H2,1H3,(H,20,23). The molecule has 1 amide bonds. The van der Waals surface area contributed by atoms with Gasteiger partial charge in [0.05, 0.1) is 12.0 Å². The minimum atomic E-state index is -0.655. The van der Waals surface area contributed by atoms with Crippen molar-refractivity contribution in [1.29, 1.82) is 0 Å². The Hall–Kier alpha value is -1.46. The predicted molar refractivity (Wildman–Crippen MR) is 88.4 cm³/mol. The number of aliphatic hydroxyl groups is 1. The quantitative estimate of drug-likeness (QED) is 0.758. The van der Waals surface area contributed by atoms with Gasteiger partial charge in [-0.25, -0.2) is 4.39 Å². The van der Waals surface area contributed by atoms with Gasteiger partial charge in [-0.05, 0) is 43.5 Å².